The first-order chi connectivity index (χ1) is 18.8. The summed E-state index contributed by atoms with van der Waals surface area (Å²) < 4.78 is 6.29. The van der Waals surface area contributed by atoms with E-state index < -0.39 is 8.32 Å². The van der Waals surface area contributed by atoms with Gasteiger partial charge in [0.1, 0.15) is 0 Å². The van der Waals surface area contributed by atoms with Gasteiger partial charge in [-0.1, -0.05) is 207 Å². The number of hydrogen-bond donors (Lipinski definition) is 0. The molecule has 0 aromatic heterocycles. The van der Waals surface area contributed by atoms with Crippen molar-refractivity contribution in [1.29, 1.82) is 0 Å². The molecule has 0 aliphatic heterocycles. The van der Waals surface area contributed by atoms with Crippen LogP contribution in [-0.4, -0.2) is 14.9 Å². The molecule has 0 aliphatic carbocycles. The average molecular weight is 567 g/mol. The molecule has 0 amide bonds. The van der Waals surface area contributed by atoms with E-state index in [4.69, 9.17) is 4.43 Å². The van der Waals surface area contributed by atoms with E-state index in [1.165, 1.54) is 186 Å². The van der Waals surface area contributed by atoms with Crippen molar-refractivity contribution in [3.05, 3.63) is 0 Å². The fraction of sp³-hybridized carbons (Fsp3) is 1.00. The highest BCUT2D eigenvalue weighted by Crippen LogP contribution is 2.36. The van der Waals surface area contributed by atoms with Gasteiger partial charge in [0.05, 0.1) is 0 Å². The van der Waals surface area contributed by atoms with Crippen molar-refractivity contribution < 1.29 is 4.43 Å². The molecule has 0 aromatic carbocycles. The maximum atomic E-state index is 6.29. The van der Waals surface area contributed by atoms with Gasteiger partial charge in [-0.3, -0.25) is 0 Å². The lowest BCUT2D eigenvalue weighted by molar-refractivity contribution is 0.277. The van der Waals surface area contributed by atoms with Gasteiger partial charge < -0.3 is 4.43 Å². The van der Waals surface area contributed by atoms with Crippen LogP contribution in [0.3, 0.4) is 0 Å². The molecule has 39 heavy (non-hydrogen) atoms. The van der Waals surface area contributed by atoms with Gasteiger partial charge >= 0.3 is 0 Å². The van der Waals surface area contributed by atoms with Crippen molar-refractivity contribution in [1.82, 2.24) is 0 Å². The smallest absolute Gasteiger partial charge is 0.191 e. The second-order valence-electron chi connectivity index (χ2n) is 14.5. The van der Waals surface area contributed by atoms with Crippen LogP contribution in [0.25, 0.3) is 0 Å². The maximum Gasteiger partial charge on any atom is 0.191 e. The van der Waals surface area contributed by atoms with Crippen LogP contribution in [-0.2, 0) is 4.43 Å². The Bertz CT molecular complexity index is 467. The lowest BCUT2D eigenvalue weighted by atomic mass is 10.0. The molecule has 0 atom stereocenters. The Morgan fingerprint density at radius 2 is 0.564 bits per heavy atom. The summed E-state index contributed by atoms with van der Waals surface area (Å²) in [6.07, 6.45) is 42.3. The number of rotatable bonds is 31. The van der Waals surface area contributed by atoms with Crippen LogP contribution in [0.5, 0.6) is 0 Å². The Morgan fingerprint density at radius 1 is 0.359 bits per heavy atom. The minimum absolute atomic E-state index is 0.346. The topological polar surface area (TPSA) is 9.23 Å². The minimum atomic E-state index is -1.53. The summed E-state index contributed by atoms with van der Waals surface area (Å²) in [4.78, 5) is 0. The predicted octanol–water partition coefficient (Wildman–Crippen LogP) is 14.3. The SMILES string of the molecule is CCCCCCCCCCCCCCCCCCCCCCCCCCCCCCCO[Si](C)(C)C(C)(C)C. The lowest BCUT2D eigenvalue weighted by Gasteiger charge is -2.36. The monoisotopic (exact) mass is 567 g/mol. The Labute approximate surface area is 250 Å². The molecule has 0 bridgehead atoms. The summed E-state index contributed by atoms with van der Waals surface area (Å²) in [6, 6.07) is 0. The second-order valence-corrected chi connectivity index (χ2v) is 19.3. The summed E-state index contributed by atoms with van der Waals surface area (Å²) in [5.41, 5.74) is 0. The zero-order chi connectivity index (χ0) is 28.9. The van der Waals surface area contributed by atoms with E-state index >= 15 is 0 Å². The van der Waals surface area contributed by atoms with Crippen LogP contribution in [0.4, 0.5) is 0 Å². The molecule has 0 spiro atoms. The summed E-state index contributed by atoms with van der Waals surface area (Å²) >= 11 is 0. The fourth-order valence-electron chi connectivity index (χ4n) is 5.49. The second kappa shape index (κ2) is 28.3. The molecule has 0 saturated carbocycles. The molecule has 0 N–H and O–H groups in total. The van der Waals surface area contributed by atoms with E-state index in [0.29, 0.717) is 5.04 Å². The predicted molar refractivity (Wildman–Crippen MR) is 183 cm³/mol. The third kappa shape index (κ3) is 28.1. The van der Waals surface area contributed by atoms with Gasteiger partial charge in [0.15, 0.2) is 8.32 Å². The normalized spacial score (nSPS) is 12.5. The van der Waals surface area contributed by atoms with E-state index in [-0.39, 0.29) is 0 Å². The van der Waals surface area contributed by atoms with Crippen LogP contribution in [0.2, 0.25) is 18.1 Å². The van der Waals surface area contributed by atoms with Gasteiger partial charge in [0, 0.05) is 6.61 Å². The zero-order valence-corrected chi connectivity index (χ0v) is 29.6. The van der Waals surface area contributed by atoms with E-state index in [2.05, 4.69) is 40.8 Å². The average Bonchev–Trinajstić information content (AvgIpc) is 2.89. The molecule has 0 aromatic rings. The van der Waals surface area contributed by atoms with Crippen LogP contribution in [0.1, 0.15) is 214 Å². The largest absolute Gasteiger partial charge is 0.417 e. The van der Waals surface area contributed by atoms with Crippen LogP contribution in [0, 0.1) is 0 Å². The fourth-order valence-corrected chi connectivity index (χ4v) is 6.58. The molecule has 236 valence electrons. The molecule has 1 nitrogen and oxygen atoms in total. The Kier molecular flexibility index (Phi) is 28.4. The standard InChI is InChI=1S/C37H78OSi/c1-7-8-9-10-11-12-13-14-15-16-17-18-19-20-21-22-23-24-25-26-27-28-29-30-31-32-33-34-35-36-38-39(5,6)37(2,3)4/h7-36H2,1-6H3. The molecule has 2 heteroatoms. The Balaban J connectivity index is 3.13. The Hall–Kier alpha value is 0.177. The summed E-state index contributed by atoms with van der Waals surface area (Å²) in [7, 11) is -1.53. The third-order valence-corrected chi connectivity index (χ3v) is 14.1. The van der Waals surface area contributed by atoms with Crippen LogP contribution >= 0.6 is 0 Å². The quantitative estimate of drug-likeness (QED) is 0.0599. The van der Waals surface area contributed by atoms with Crippen molar-refractivity contribution in [2.24, 2.45) is 0 Å². The zero-order valence-electron chi connectivity index (χ0n) is 28.6. The van der Waals surface area contributed by atoms with Crippen LogP contribution in [0.15, 0.2) is 0 Å². The summed E-state index contributed by atoms with van der Waals surface area (Å²) in [6.45, 7) is 15.0. The highest BCUT2D eigenvalue weighted by molar-refractivity contribution is 6.74. The molecule has 0 aliphatic rings. The minimum Gasteiger partial charge on any atom is -0.417 e. The van der Waals surface area contributed by atoms with Gasteiger partial charge in [-0.05, 0) is 24.6 Å². The van der Waals surface area contributed by atoms with Crippen molar-refractivity contribution in [2.75, 3.05) is 6.61 Å². The van der Waals surface area contributed by atoms with Crippen molar-refractivity contribution >= 4 is 8.32 Å². The number of hydrogen-bond acceptors (Lipinski definition) is 1. The third-order valence-electron chi connectivity index (χ3n) is 9.52. The van der Waals surface area contributed by atoms with Gasteiger partial charge in [0.2, 0.25) is 0 Å². The van der Waals surface area contributed by atoms with Crippen molar-refractivity contribution in [2.45, 2.75) is 232 Å². The maximum absolute atomic E-state index is 6.29. The molecular formula is C37H78OSi. The first-order valence-corrected chi connectivity index (χ1v) is 21.4. The van der Waals surface area contributed by atoms with E-state index in [9.17, 15) is 0 Å². The number of unbranched alkanes of at least 4 members (excludes halogenated alkanes) is 28. The molecule has 0 rings (SSSR count). The molecular weight excluding hydrogens is 488 g/mol. The van der Waals surface area contributed by atoms with Gasteiger partial charge in [-0.25, -0.2) is 0 Å². The molecule has 0 fully saturated rings. The highest BCUT2D eigenvalue weighted by Gasteiger charge is 2.36. The van der Waals surface area contributed by atoms with Crippen LogP contribution < -0.4 is 0 Å². The van der Waals surface area contributed by atoms with E-state index in [1.807, 2.05) is 0 Å². The van der Waals surface area contributed by atoms with Gasteiger partial charge in [0.25, 0.3) is 0 Å². The van der Waals surface area contributed by atoms with E-state index in [1.54, 1.807) is 0 Å². The molecule has 0 unspecified atom stereocenters. The van der Waals surface area contributed by atoms with Gasteiger partial charge in [-0.15, -0.1) is 0 Å². The summed E-state index contributed by atoms with van der Waals surface area (Å²) in [5, 5.41) is 0.346. The van der Waals surface area contributed by atoms with E-state index in [0.717, 1.165) is 6.61 Å². The molecule has 0 saturated heterocycles. The lowest BCUT2D eigenvalue weighted by Crippen LogP contribution is -2.40. The molecule has 0 heterocycles. The first-order valence-electron chi connectivity index (χ1n) is 18.4. The Morgan fingerprint density at radius 3 is 0.769 bits per heavy atom. The highest BCUT2D eigenvalue weighted by atomic mass is 28.4. The van der Waals surface area contributed by atoms with Crippen molar-refractivity contribution in [3.63, 3.8) is 0 Å². The van der Waals surface area contributed by atoms with Gasteiger partial charge in [-0.2, -0.15) is 0 Å². The van der Waals surface area contributed by atoms with Crippen molar-refractivity contribution in [3.8, 4) is 0 Å². The summed E-state index contributed by atoms with van der Waals surface area (Å²) in [5.74, 6) is 0. The molecule has 0 radical (unpaired) electrons. The first kappa shape index (κ1) is 39.2.